The van der Waals surface area contributed by atoms with Crippen molar-refractivity contribution in [1.29, 1.82) is 0 Å². The van der Waals surface area contributed by atoms with Gasteiger partial charge in [-0.05, 0) is 38.0 Å². The van der Waals surface area contributed by atoms with E-state index in [1.807, 2.05) is 0 Å². The molecule has 25 heavy (non-hydrogen) atoms. The fraction of sp³-hybridized carbons (Fsp3) is 0.500. The summed E-state index contributed by atoms with van der Waals surface area (Å²) in [6.07, 6.45) is 0.170. The van der Waals surface area contributed by atoms with Gasteiger partial charge in [-0.15, -0.1) is 0 Å². The van der Waals surface area contributed by atoms with Gasteiger partial charge in [0.05, 0.1) is 18.6 Å². The van der Waals surface area contributed by atoms with Crippen LogP contribution in [0, 0.1) is 11.2 Å². The van der Waals surface area contributed by atoms with E-state index in [1.165, 1.54) is 29.0 Å². The van der Waals surface area contributed by atoms with Crippen molar-refractivity contribution in [3.63, 3.8) is 0 Å². The van der Waals surface area contributed by atoms with Gasteiger partial charge in [-0.1, -0.05) is 12.1 Å². The normalized spacial score (nSPS) is 32.0. The molecule has 0 aliphatic carbocycles. The molecule has 3 rings (SSSR count). The van der Waals surface area contributed by atoms with Gasteiger partial charge in [-0.25, -0.2) is 4.39 Å². The van der Waals surface area contributed by atoms with Crippen LogP contribution in [0.15, 0.2) is 24.3 Å². The quantitative estimate of drug-likeness (QED) is 0.760. The first-order chi connectivity index (χ1) is 11.7. The Balaban J connectivity index is 2.15. The molecule has 6 nitrogen and oxygen atoms in total. The first-order valence-electron chi connectivity index (χ1n) is 8.15. The Labute approximate surface area is 145 Å². The summed E-state index contributed by atoms with van der Waals surface area (Å²) in [5.41, 5.74) is -0.484. The molecule has 7 heteroatoms. The number of likely N-dealkylation sites (N-methyl/N-ethyl adjacent to an activating group) is 1. The van der Waals surface area contributed by atoms with Gasteiger partial charge in [0.2, 0.25) is 11.8 Å². The highest BCUT2D eigenvalue weighted by Gasteiger charge is 2.61. The molecule has 2 heterocycles. The van der Waals surface area contributed by atoms with Gasteiger partial charge in [-0.2, -0.15) is 0 Å². The van der Waals surface area contributed by atoms with Crippen LogP contribution in [0.3, 0.4) is 0 Å². The highest BCUT2D eigenvalue weighted by Crippen LogP contribution is 2.52. The molecule has 134 valence electrons. The predicted octanol–water partition coefficient (Wildman–Crippen LogP) is 1.51. The average molecular weight is 348 g/mol. The second-order valence-electron chi connectivity index (χ2n) is 6.95. The van der Waals surface area contributed by atoms with E-state index < -0.39 is 35.3 Å². The summed E-state index contributed by atoms with van der Waals surface area (Å²) in [6, 6.07) is 3.63. The predicted molar refractivity (Wildman–Crippen MR) is 86.7 cm³/mol. The number of methoxy groups -OCH3 is 1. The summed E-state index contributed by atoms with van der Waals surface area (Å²) in [5, 5.41) is 0. The van der Waals surface area contributed by atoms with Crippen molar-refractivity contribution < 1.29 is 23.5 Å². The first kappa shape index (κ1) is 17.4. The van der Waals surface area contributed by atoms with Gasteiger partial charge in [0.15, 0.2) is 0 Å². The lowest BCUT2D eigenvalue weighted by molar-refractivity contribution is -0.160. The maximum absolute atomic E-state index is 13.3. The van der Waals surface area contributed by atoms with Crippen molar-refractivity contribution in [1.82, 2.24) is 9.80 Å². The Morgan fingerprint density at radius 1 is 1.24 bits per heavy atom. The molecule has 1 aromatic carbocycles. The van der Waals surface area contributed by atoms with E-state index in [0.29, 0.717) is 5.56 Å². The molecule has 2 fully saturated rings. The van der Waals surface area contributed by atoms with Gasteiger partial charge >= 0.3 is 5.97 Å². The van der Waals surface area contributed by atoms with Gasteiger partial charge < -0.3 is 14.5 Å². The molecule has 0 aromatic heterocycles. The molecule has 1 aromatic rings. The number of ether oxygens (including phenoxy) is 1. The van der Waals surface area contributed by atoms with Crippen molar-refractivity contribution in [3.8, 4) is 0 Å². The van der Waals surface area contributed by atoms with E-state index in [9.17, 15) is 18.8 Å². The maximum atomic E-state index is 13.3. The number of amides is 2. The van der Waals surface area contributed by atoms with Crippen molar-refractivity contribution in [3.05, 3.63) is 35.6 Å². The number of rotatable bonds is 2. The molecule has 2 aliphatic heterocycles. The molecule has 0 bridgehead atoms. The summed E-state index contributed by atoms with van der Waals surface area (Å²) in [5.74, 6) is -1.33. The number of carbonyl (C=O) groups is 3. The topological polar surface area (TPSA) is 66.9 Å². The highest BCUT2D eigenvalue weighted by molar-refractivity contribution is 5.99. The number of fused-ring (bicyclic) bond motifs is 1. The molecule has 2 amide bonds. The van der Waals surface area contributed by atoms with Crippen molar-refractivity contribution in [2.24, 2.45) is 5.41 Å². The number of nitrogens with zero attached hydrogens (tertiary/aromatic N) is 2. The van der Waals surface area contributed by atoms with Crippen LogP contribution in [0.2, 0.25) is 0 Å². The molecule has 0 N–H and O–H groups in total. The zero-order valence-electron chi connectivity index (χ0n) is 14.7. The smallest absolute Gasteiger partial charge is 0.314 e. The Bertz CT molecular complexity index is 735. The summed E-state index contributed by atoms with van der Waals surface area (Å²) in [7, 11) is 2.87. The molecular weight excluding hydrogens is 327 g/mol. The lowest BCUT2D eigenvalue weighted by Crippen LogP contribution is -2.60. The Morgan fingerprint density at radius 3 is 2.40 bits per heavy atom. The molecule has 0 saturated carbocycles. The number of piperazine rings is 1. The number of benzene rings is 1. The van der Waals surface area contributed by atoms with Crippen LogP contribution >= 0.6 is 0 Å². The van der Waals surface area contributed by atoms with Gasteiger partial charge in [0.1, 0.15) is 17.9 Å². The summed E-state index contributed by atoms with van der Waals surface area (Å²) in [4.78, 5) is 41.1. The largest absolute Gasteiger partial charge is 0.469 e. The van der Waals surface area contributed by atoms with E-state index >= 15 is 0 Å². The summed E-state index contributed by atoms with van der Waals surface area (Å²) in [6.45, 7) is 3.35. The van der Waals surface area contributed by atoms with E-state index in [2.05, 4.69) is 0 Å². The molecule has 0 spiro atoms. The lowest BCUT2D eigenvalue weighted by atomic mass is 9.78. The van der Waals surface area contributed by atoms with Crippen LogP contribution in [0.1, 0.15) is 31.9 Å². The van der Waals surface area contributed by atoms with E-state index in [0.717, 1.165) is 0 Å². The van der Waals surface area contributed by atoms with E-state index in [4.69, 9.17) is 4.74 Å². The monoisotopic (exact) mass is 348 g/mol. The summed E-state index contributed by atoms with van der Waals surface area (Å²) < 4.78 is 18.3. The minimum atomic E-state index is -1.09. The van der Waals surface area contributed by atoms with E-state index in [1.54, 1.807) is 33.0 Å². The third kappa shape index (κ3) is 2.41. The molecule has 2 aliphatic rings. The molecule has 3 unspecified atom stereocenters. The zero-order chi connectivity index (χ0) is 18.5. The fourth-order valence-corrected chi connectivity index (χ4v) is 3.99. The van der Waals surface area contributed by atoms with Gasteiger partial charge in [0.25, 0.3) is 0 Å². The van der Waals surface area contributed by atoms with Crippen LogP contribution in [0.25, 0.3) is 0 Å². The van der Waals surface area contributed by atoms with Crippen molar-refractivity contribution in [2.45, 2.75) is 38.4 Å². The third-order valence-corrected chi connectivity index (χ3v) is 5.50. The van der Waals surface area contributed by atoms with E-state index in [-0.39, 0.29) is 18.2 Å². The maximum Gasteiger partial charge on any atom is 0.314 e. The minimum Gasteiger partial charge on any atom is -0.469 e. The number of halogens is 1. The minimum absolute atomic E-state index is 0.170. The molecule has 4 atom stereocenters. The molecule has 0 radical (unpaired) electrons. The van der Waals surface area contributed by atoms with Crippen LogP contribution in [-0.4, -0.2) is 53.8 Å². The van der Waals surface area contributed by atoms with Crippen molar-refractivity contribution >= 4 is 17.8 Å². The number of hydrogen-bond donors (Lipinski definition) is 0. The van der Waals surface area contributed by atoms with Gasteiger partial charge in [0, 0.05) is 7.05 Å². The van der Waals surface area contributed by atoms with Crippen LogP contribution < -0.4 is 0 Å². The second kappa shape index (κ2) is 5.82. The third-order valence-electron chi connectivity index (χ3n) is 5.50. The number of esters is 1. The lowest BCUT2D eigenvalue weighted by Gasteiger charge is -2.42. The SMILES string of the molecule is COC(=O)C1(C)C[C@H]2C(=O)N(C)C(C)C(=O)N2C1c1ccc(F)cc1. The van der Waals surface area contributed by atoms with Gasteiger partial charge in [-0.3, -0.25) is 14.4 Å². The van der Waals surface area contributed by atoms with Crippen LogP contribution in [-0.2, 0) is 19.1 Å². The van der Waals surface area contributed by atoms with Crippen LogP contribution in [0.4, 0.5) is 4.39 Å². The number of hydrogen-bond acceptors (Lipinski definition) is 4. The molecule has 2 saturated heterocycles. The Hall–Kier alpha value is -2.44. The number of carbonyl (C=O) groups excluding carboxylic acids is 3. The average Bonchev–Trinajstić information content (AvgIpc) is 2.93. The van der Waals surface area contributed by atoms with Crippen molar-refractivity contribution in [2.75, 3.05) is 14.2 Å². The Kier molecular flexibility index (Phi) is 4.05. The molecular formula is C18H21FN2O4. The zero-order valence-corrected chi connectivity index (χ0v) is 14.7. The highest BCUT2D eigenvalue weighted by atomic mass is 19.1. The Morgan fingerprint density at radius 2 is 1.84 bits per heavy atom. The summed E-state index contributed by atoms with van der Waals surface area (Å²) >= 11 is 0. The standard InChI is InChI=1S/C18H21FN2O4/c1-10-15(22)21-13(16(23)20(10)3)9-18(2,17(24)25-4)14(21)11-5-7-12(19)8-6-11/h5-8,10,13-14H,9H2,1-4H3/t10?,13-,14?,18?/m0/s1. The fourth-order valence-electron chi connectivity index (χ4n) is 3.99. The first-order valence-corrected chi connectivity index (χ1v) is 8.15. The second-order valence-corrected chi connectivity index (χ2v) is 6.95. The van der Waals surface area contributed by atoms with Crippen LogP contribution in [0.5, 0.6) is 0 Å².